The van der Waals surface area contributed by atoms with Crippen LogP contribution in [0, 0.1) is 5.92 Å². The van der Waals surface area contributed by atoms with Crippen LogP contribution in [0.5, 0.6) is 0 Å². The number of carbonyl (C=O) groups is 2. The molecule has 2 atom stereocenters. The molecular formula is C17H19N3O3. The minimum Gasteiger partial charge on any atom is -0.477 e. The zero-order valence-corrected chi connectivity index (χ0v) is 12.9. The maximum Gasteiger partial charge on any atom is 0.353 e. The topological polar surface area (TPSA) is 86.3 Å². The Hall–Kier alpha value is -2.63. The molecule has 23 heavy (non-hydrogen) atoms. The van der Waals surface area contributed by atoms with Gasteiger partial charge in [0.05, 0.1) is 0 Å². The number of benzene rings is 1. The van der Waals surface area contributed by atoms with Gasteiger partial charge in [-0.1, -0.05) is 37.3 Å². The molecule has 6 nitrogen and oxygen atoms in total. The lowest BCUT2D eigenvalue weighted by Gasteiger charge is -2.37. The Balaban J connectivity index is 1.69. The number of aromatic carboxylic acids is 1. The molecule has 2 unspecified atom stereocenters. The first-order valence-electron chi connectivity index (χ1n) is 7.69. The van der Waals surface area contributed by atoms with Gasteiger partial charge in [0.1, 0.15) is 5.69 Å². The second kappa shape index (κ2) is 6.24. The summed E-state index contributed by atoms with van der Waals surface area (Å²) in [6, 6.07) is 11.6. The molecule has 1 aromatic heterocycles. The van der Waals surface area contributed by atoms with Crippen molar-refractivity contribution in [2.45, 2.75) is 19.3 Å². The van der Waals surface area contributed by atoms with E-state index in [-0.39, 0.29) is 17.3 Å². The average molecular weight is 313 g/mol. The van der Waals surface area contributed by atoms with Crippen LogP contribution in [-0.2, 0) is 0 Å². The maximum absolute atomic E-state index is 12.5. The highest BCUT2D eigenvalue weighted by Gasteiger charge is 2.31. The second-order valence-corrected chi connectivity index (χ2v) is 6.01. The monoisotopic (exact) mass is 313 g/mol. The summed E-state index contributed by atoms with van der Waals surface area (Å²) in [6.07, 6.45) is 0.896. The van der Waals surface area contributed by atoms with Gasteiger partial charge < -0.3 is 10.0 Å². The zero-order valence-electron chi connectivity index (χ0n) is 12.9. The molecule has 1 aromatic carbocycles. The van der Waals surface area contributed by atoms with Gasteiger partial charge in [0.2, 0.25) is 0 Å². The van der Waals surface area contributed by atoms with E-state index in [9.17, 15) is 9.59 Å². The molecule has 2 N–H and O–H groups in total. The van der Waals surface area contributed by atoms with Gasteiger partial charge in [-0.3, -0.25) is 9.89 Å². The lowest BCUT2D eigenvalue weighted by atomic mass is 9.81. The molecule has 3 rings (SSSR count). The van der Waals surface area contributed by atoms with Crippen LogP contribution < -0.4 is 0 Å². The summed E-state index contributed by atoms with van der Waals surface area (Å²) in [5.41, 5.74) is 1.40. The number of aromatic nitrogens is 2. The lowest BCUT2D eigenvalue weighted by Crippen LogP contribution is -2.42. The van der Waals surface area contributed by atoms with Crippen molar-refractivity contribution < 1.29 is 14.7 Å². The number of nitrogens with one attached hydrogen (secondary N) is 1. The number of H-pyrrole nitrogens is 1. The summed E-state index contributed by atoms with van der Waals surface area (Å²) in [4.78, 5) is 25.1. The SMILES string of the molecule is CC1CN(C(=O)c2cc(C(=O)O)[nH]n2)CCC1c1ccccc1. The van der Waals surface area contributed by atoms with Crippen molar-refractivity contribution in [1.29, 1.82) is 0 Å². The Kier molecular flexibility index (Phi) is 4.14. The van der Waals surface area contributed by atoms with Crippen LogP contribution >= 0.6 is 0 Å². The van der Waals surface area contributed by atoms with Gasteiger partial charge in [0.15, 0.2) is 5.69 Å². The molecule has 6 heteroatoms. The number of rotatable bonds is 3. The molecule has 2 heterocycles. The van der Waals surface area contributed by atoms with Crippen molar-refractivity contribution >= 4 is 11.9 Å². The van der Waals surface area contributed by atoms with Gasteiger partial charge in [-0.2, -0.15) is 5.10 Å². The molecule has 1 aliphatic rings. The first-order chi connectivity index (χ1) is 11.1. The molecule has 0 aliphatic carbocycles. The third-order valence-electron chi connectivity index (χ3n) is 4.45. The van der Waals surface area contributed by atoms with Crippen molar-refractivity contribution in [2.75, 3.05) is 13.1 Å². The Morgan fingerprint density at radius 1 is 1.30 bits per heavy atom. The number of carboxylic acid groups (broad SMARTS) is 1. The van der Waals surface area contributed by atoms with Crippen molar-refractivity contribution in [2.24, 2.45) is 5.92 Å². The van der Waals surface area contributed by atoms with Crippen LogP contribution in [0.15, 0.2) is 36.4 Å². The summed E-state index contributed by atoms with van der Waals surface area (Å²) < 4.78 is 0. The van der Waals surface area contributed by atoms with Crippen molar-refractivity contribution in [3.05, 3.63) is 53.3 Å². The summed E-state index contributed by atoms with van der Waals surface area (Å²) in [6.45, 7) is 3.44. The molecule has 0 bridgehead atoms. The number of piperidine rings is 1. The van der Waals surface area contributed by atoms with Gasteiger partial charge in [0.25, 0.3) is 5.91 Å². The molecule has 0 radical (unpaired) electrons. The third-order valence-corrected chi connectivity index (χ3v) is 4.45. The van der Waals surface area contributed by atoms with Crippen LogP contribution in [-0.4, -0.2) is 45.2 Å². The molecule has 0 saturated carbocycles. The largest absolute Gasteiger partial charge is 0.477 e. The smallest absolute Gasteiger partial charge is 0.353 e. The predicted octanol–water partition coefficient (Wildman–Crippen LogP) is 2.37. The van der Waals surface area contributed by atoms with E-state index in [1.54, 1.807) is 4.90 Å². The summed E-state index contributed by atoms with van der Waals surface area (Å²) in [5.74, 6) is -0.554. The molecule has 1 aliphatic heterocycles. The molecule has 2 aromatic rings. The first-order valence-corrected chi connectivity index (χ1v) is 7.69. The van der Waals surface area contributed by atoms with E-state index in [2.05, 4.69) is 29.3 Å². The van der Waals surface area contributed by atoms with Crippen LogP contribution in [0.1, 0.15) is 45.8 Å². The summed E-state index contributed by atoms with van der Waals surface area (Å²) in [5, 5.41) is 15.1. The Morgan fingerprint density at radius 3 is 2.65 bits per heavy atom. The lowest BCUT2D eigenvalue weighted by molar-refractivity contribution is 0.0654. The number of amides is 1. The molecular weight excluding hydrogens is 294 g/mol. The minimum absolute atomic E-state index is 0.0689. The van der Waals surface area contributed by atoms with Gasteiger partial charge in [-0.05, 0) is 23.8 Å². The number of hydrogen-bond acceptors (Lipinski definition) is 3. The fourth-order valence-corrected chi connectivity index (χ4v) is 3.23. The van der Waals surface area contributed by atoms with Gasteiger partial charge in [-0.25, -0.2) is 4.79 Å². The highest BCUT2D eigenvalue weighted by atomic mass is 16.4. The number of nitrogens with zero attached hydrogens (tertiary/aromatic N) is 2. The van der Waals surface area contributed by atoms with Crippen molar-refractivity contribution in [3.63, 3.8) is 0 Å². The fourth-order valence-electron chi connectivity index (χ4n) is 3.23. The average Bonchev–Trinajstić information content (AvgIpc) is 3.05. The van der Waals surface area contributed by atoms with E-state index in [0.717, 1.165) is 6.42 Å². The Labute approximate surface area is 134 Å². The predicted molar refractivity (Wildman–Crippen MR) is 84.4 cm³/mol. The normalized spacial score (nSPS) is 21.2. The highest BCUT2D eigenvalue weighted by Crippen LogP contribution is 2.33. The summed E-state index contributed by atoms with van der Waals surface area (Å²) in [7, 11) is 0. The number of carbonyl (C=O) groups excluding carboxylic acids is 1. The molecule has 120 valence electrons. The molecule has 1 saturated heterocycles. The Bertz CT molecular complexity index is 711. The second-order valence-electron chi connectivity index (χ2n) is 6.01. The molecule has 0 spiro atoms. The summed E-state index contributed by atoms with van der Waals surface area (Å²) >= 11 is 0. The molecule has 1 fully saturated rings. The number of hydrogen-bond donors (Lipinski definition) is 2. The zero-order chi connectivity index (χ0) is 16.4. The van der Waals surface area contributed by atoms with E-state index >= 15 is 0 Å². The standard InChI is InChI=1S/C17H19N3O3/c1-11-10-20(8-7-13(11)12-5-3-2-4-6-12)16(21)14-9-15(17(22)23)19-18-14/h2-6,9,11,13H,7-8,10H2,1H3,(H,18,19)(H,22,23). The van der Waals surface area contributed by atoms with Gasteiger partial charge in [-0.15, -0.1) is 0 Å². The van der Waals surface area contributed by atoms with Crippen LogP contribution in [0.2, 0.25) is 0 Å². The fraction of sp³-hybridized carbons (Fsp3) is 0.353. The van der Waals surface area contributed by atoms with E-state index < -0.39 is 5.97 Å². The third kappa shape index (κ3) is 3.11. The first kappa shape index (κ1) is 15.3. The van der Waals surface area contributed by atoms with Crippen LogP contribution in [0.4, 0.5) is 0 Å². The van der Waals surface area contributed by atoms with Gasteiger partial charge in [0, 0.05) is 19.2 Å². The van der Waals surface area contributed by atoms with E-state index in [4.69, 9.17) is 5.11 Å². The van der Waals surface area contributed by atoms with Gasteiger partial charge >= 0.3 is 5.97 Å². The van der Waals surface area contributed by atoms with Crippen molar-refractivity contribution in [1.82, 2.24) is 15.1 Å². The molecule has 1 amide bonds. The van der Waals surface area contributed by atoms with Crippen molar-refractivity contribution in [3.8, 4) is 0 Å². The number of aromatic amines is 1. The number of likely N-dealkylation sites (tertiary alicyclic amines) is 1. The van der Waals surface area contributed by atoms with E-state index in [1.165, 1.54) is 11.6 Å². The highest BCUT2D eigenvalue weighted by molar-refractivity contribution is 5.95. The Morgan fingerprint density at radius 2 is 2.04 bits per heavy atom. The maximum atomic E-state index is 12.5. The van der Waals surface area contributed by atoms with E-state index in [0.29, 0.717) is 24.9 Å². The van der Waals surface area contributed by atoms with Crippen LogP contribution in [0.3, 0.4) is 0 Å². The minimum atomic E-state index is -1.12. The quantitative estimate of drug-likeness (QED) is 0.911. The van der Waals surface area contributed by atoms with Crippen LogP contribution in [0.25, 0.3) is 0 Å². The van der Waals surface area contributed by atoms with E-state index in [1.807, 2.05) is 18.2 Å². The number of carboxylic acids is 1.